The van der Waals surface area contributed by atoms with Gasteiger partial charge in [0.15, 0.2) is 0 Å². The van der Waals surface area contributed by atoms with Crippen LogP contribution in [0.4, 0.5) is 0 Å². The number of carbonyl (C=O) groups excluding carboxylic acids is 1. The van der Waals surface area contributed by atoms with Gasteiger partial charge in [-0.15, -0.1) is 0 Å². The summed E-state index contributed by atoms with van der Waals surface area (Å²) in [6.07, 6.45) is -0.565. The second-order valence-electron chi connectivity index (χ2n) is 2.14. The van der Waals surface area contributed by atoms with Gasteiger partial charge in [-0.25, -0.2) is 0 Å². The molecule has 2 unspecified atom stereocenters. The third kappa shape index (κ3) is 5.85. The van der Waals surface area contributed by atoms with Crippen LogP contribution in [0.15, 0.2) is 0 Å². The predicted molar refractivity (Wildman–Crippen MR) is 46.3 cm³/mol. The van der Waals surface area contributed by atoms with Crippen LogP contribution in [0.25, 0.3) is 0 Å². The van der Waals surface area contributed by atoms with Crippen molar-refractivity contribution >= 4 is 5.91 Å². The summed E-state index contributed by atoms with van der Waals surface area (Å²) < 4.78 is 0. The van der Waals surface area contributed by atoms with Crippen LogP contribution in [0.3, 0.4) is 0 Å². The van der Waals surface area contributed by atoms with E-state index in [0.29, 0.717) is 0 Å². The van der Waals surface area contributed by atoms with Gasteiger partial charge in [0.05, 0.1) is 12.0 Å². The predicted octanol–water partition coefficient (Wildman–Crippen LogP) is 0.775. The maximum atomic E-state index is 10.7. The molecular formula is C8H19NO2. The lowest BCUT2D eigenvalue weighted by Crippen LogP contribution is -2.31. The minimum Gasteiger partial charge on any atom is -0.393 e. The van der Waals surface area contributed by atoms with Crippen LogP contribution in [0.2, 0.25) is 0 Å². The number of hydrogen-bond acceptors (Lipinski definition) is 2. The summed E-state index contributed by atoms with van der Waals surface area (Å²) in [5.74, 6) is -0.431. The molecule has 0 rings (SSSR count). The van der Waals surface area contributed by atoms with Crippen molar-refractivity contribution in [2.45, 2.75) is 33.8 Å². The highest BCUT2D eigenvalue weighted by atomic mass is 16.3. The van der Waals surface area contributed by atoms with Gasteiger partial charge in [-0.05, 0) is 6.92 Å². The fraction of sp³-hybridized carbons (Fsp3) is 0.875. The first-order chi connectivity index (χ1) is 5.09. The Balaban J connectivity index is 0. The monoisotopic (exact) mass is 161 g/mol. The van der Waals surface area contributed by atoms with Gasteiger partial charge in [0.2, 0.25) is 5.91 Å². The van der Waals surface area contributed by atoms with E-state index in [2.05, 4.69) is 5.32 Å². The normalized spacial score (nSPS) is 14.0. The van der Waals surface area contributed by atoms with E-state index in [1.807, 2.05) is 13.8 Å². The molecule has 0 radical (unpaired) electrons. The Bertz CT molecular complexity index is 102. The second kappa shape index (κ2) is 7.54. The Labute approximate surface area is 68.8 Å². The molecule has 11 heavy (non-hydrogen) atoms. The lowest BCUT2D eigenvalue weighted by atomic mass is 10.1. The van der Waals surface area contributed by atoms with Gasteiger partial charge in [-0.2, -0.15) is 0 Å². The van der Waals surface area contributed by atoms with Crippen LogP contribution in [0, 0.1) is 5.92 Å². The summed E-state index contributed by atoms with van der Waals surface area (Å²) in [6, 6.07) is 0. The number of amides is 1. The standard InChI is InChI=1S/C6H13NO2.C2H6/c1-4(5(2)8)6(9)7-3;1-2/h4-5,8H,1-3H3,(H,7,9);1-2H3. The smallest absolute Gasteiger partial charge is 0.225 e. The van der Waals surface area contributed by atoms with Crippen LogP contribution in [0.1, 0.15) is 27.7 Å². The zero-order chi connectivity index (χ0) is 9.44. The lowest BCUT2D eigenvalue weighted by Gasteiger charge is -2.11. The fourth-order valence-electron chi connectivity index (χ4n) is 0.447. The molecule has 0 fully saturated rings. The van der Waals surface area contributed by atoms with Crippen molar-refractivity contribution in [2.24, 2.45) is 5.92 Å². The summed E-state index contributed by atoms with van der Waals surface area (Å²) in [6.45, 7) is 7.28. The van der Waals surface area contributed by atoms with E-state index in [0.717, 1.165) is 0 Å². The van der Waals surface area contributed by atoms with Gasteiger partial charge in [0.1, 0.15) is 0 Å². The van der Waals surface area contributed by atoms with Crippen molar-refractivity contribution in [3.63, 3.8) is 0 Å². The Hall–Kier alpha value is -0.570. The Morgan fingerprint density at radius 3 is 1.82 bits per heavy atom. The van der Waals surface area contributed by atoms with Gasteiger partial charge in [0, 0.05) is 7.05 Å². The van der Waals surface area contributed by atoms with Crippen LogP contribution in [-0.4, -0.2) is 24.2 Å². The number of hydrogen-bond donors (Lipinski definition) is 2. The van der Waals surface area contributed by atoms with Crippen LogP contribution in [-0.2, 0) is 4.79 Å². The van der Waals surface area contributed by atoms with E-state index in [-0.39, 0.29) is 11.8 Å². The van der Waals surface area contributed by atoms with E-state index < -0.39 is 6.10 Å². The van der Waals surface area contributed by atoms with Crippen molar-refractivity contribution in [2.75, 3.05) is 7.05 Å². The largest absolute Gasteiger partial charge is 0.393 e. The maximum Gasteiger partial charge on any atom is 0.225 e. The van der Waals surface area contributed by atoms with Crippen molar-refractivity contribution < 1.29 is 9.90 Å². The lowest BCUT2D eigenvalue weighted by molar-refractivity contribution is -0.126. The zero-order valence-corrected chi connectivity index (χ0v) is 8.01. The molecule has 0 aromatic carbocycles. The van der Waals surface area contributed by atoms with Gasteiger partial charge in [-0.3, -0.25) is 4.79 Å². The second-order valence-corrected chi connectivity index (χ2v) is 2.14. The number of carbonyl (C=O) groups is 1. The average molecular weight is 161 g/mol. The van der Waals surface area contributed by atoms with E-state index in [1.165, 1.54) is 0 Å². The number of nitrogens with one attached hydrogen (secondary N) is 1. The van der Waals surface area contributed by atoms with E-state index in [9.17, 15) is 4.79 Å². The first-order valence-electron chi connectivity index (χ1n) is 3.99. The SMILES string of the molecule is CC.CNC(=O)C(C)C(C)O. The molecule has 0 saturated carbocycles. The van der Waals surface area contributed by atoms with Gasteiger partial charge < -0.3 is 10.4 Å². The molecule has 0 saturated heterocycles. The molecular weight excluding hydrogens is 142 g/mol. The molecule has 0 aliphatic heterocycles. The molecule has 0 aromatic rings. The van der Waals surface area contributed by atoms with Crippen LogP contribution in [0.5, 0.6) is 0 Å². The van der Waals surface area contributed by atoms with E-state index in [1.54, 1.807) is 20.9 Å². The molecule has 2 atom stereocenters. The summed E-state index contributed by atoms with van der Waals surface area (Å²) in [5, 5.41) is 11.3. The van der Waals surface area contributed by atoms with Crippen molar-refractivity contribution in [1.29, 1.82) is 0 Å². The first kappa shape index (κ1) is 13.1. The van der Waals surface area contributed by atoms with Crippen molar-refractivity contribution in [3.8, 4) is 0 Å². The van der Waals surface area contributed by atoms with Crippen molar-refractivity contribution in [1.82, 2.24) is 5.32 Å². The van der Waals surface area contributed by atoms with Gasteiger partial charge in [-0.1, -0.05) is 20.8 Å². The molecule has 0 aliphatic rings. The van der Waals surface area contributed by atoms with E-state index in [4.69, 9.17) is 5.11 Å². The molecule has 2 N–H and O–H groups in total. The number of aliphatic hydroxyl groups is 1. The van der Waals surface area contributed by atoms with Crippen molar-refractivity contribution in [3.05, 3.63) is 0 Å². The highest BCUT2D eigenvalue weighted by molar-refractivity contribution is 5.78. The molecule has 68 valence electrons. The van der Waals surface area contributed by atoms with Gasteiger partial charge in [0.25, 0.3) is 0 Å². The summed E-state index contributed by atoms with van der Waals surface area (Å²) in [5.41, 5.74) is 0. The average Bonchev–Trinajstić information content (AvgIpc) is 2.05. The third-order valence-electron chi connectivity index (χ3n) is 1.38. The molecule has 3 nitrogen and oxygen atoms in total. The highest BCUT2D eigenvalue weighted by Crippen LogP contribution is 2.00. The van der Waals surface area contributed by atoms with Crippen LogP contribution >= 0.6 is 0 Å². The Kier molecular flexibility index (Phi) is 8.94. The minimum atomic E-state index is -0.565. The molecule has 0 spiro atoms. The molecule has 3 heteroatoms. The third-order valence-corrected chi connectivity index (χ3v) is 1.38. The van der Waals surface area contributed by atoms with Gasteiger partial charge >= 0.3 is 0 Å². The molecule has 1 amide bonds. The minimum absolute atomic E-state index is 0.120. The first-order valence-corrected chi connectivity index (χ1v) is 3.99. The zero-order valence-electron chi connectivity index (χ0n) is 8.01. The van der Waals surface area contributed by atoms with Crippen LogP contribution < -0.4 is 5.32 Å². The summed E-state index contributed by atoms with van der Waals surface area (Å²) in [7, 11) is 1.56. The summed E-state index contributed by atoms with van der Waals surface area (Å²) >= 11 is 0. The molecule has 0 aromatic heterocycles. The summed E-state index contributed by atoms with van der Waals surface area (Å²) in [4.78, 5) is 10.7. The van der Waals surface area contributed by atoms with E-state index >= 15 is 0 Å². The maximum absolute atomic E-state index is 10.7. The molecule has 0 bridgehead atoms. The Morgan fingerprint density at radius 1 is 1.36 bits per heavy atom. The quantitative estimate of drug-likeness (QED) is 0.628. The number of rotatable bonds is 2. The topological polar surface area (TPSA) is 49.3 Å². The molecule has 0 aliphatic carbocycles. The fourth-order valence-corrected chi connectivity index (χ4v) is 0.447. The highest BCUT2D eigenvalue weighted by Gasteiger charge is 2.15. The molecule has 0 heterocycles. The number of aliphatic hydroxyl groups excluding tert-OH is 1. The Morgan fingerprint density at radius 2 is 1.73 bits per heavy atom.